The molecule has 0 heterocycles. The molecule has 1 aliphatic carbocycles. The third kappa shape index (κ3) is 2.77. The quantitative estimate of drug-likeness (QED) is 0.881. The number of hydrogen-bond acceptors (Lipinski definition) is 3. The smallest absolute Gasteiger partial charge is 0.115 e. The number of hydrogen-bond donors (Lipinski definition) is 2. The van der Waals surface area contributed by atoms with Crippen molar-refractivity contribution in [3.8, 4) is 5.75 Å². The van der Waals surface area contributed by atoms with Gasteiger partial charge in [-0.3, -0.25) is 0 Å². The van der Waals surface area contributed by atoms with E-state index in [4.69, 9.17) is 0 Å². The summed E-state index contributed by atoms with van der Waals surface area (Å²) in [7, 11) is 4.09. The summed E-state index contributed by atoms with van der Waals surface area (Å²) in [6.07, 6.45) is 3.24. The van der Waals surface area contributed by atoms with E-state index >= 15 is 0 Å². The maximum atomic E-state index is 11.3. The molecule has 3 heteroatoms. The summed E-state index contributed by atoms with van der Waals surface area (Å²) in [6.45, 7) is 2.99. The number of phenolic OH excluding ortho intramolecular Hbond substituents is 1. The second-order valence-corrected chi connectivity index (χ2v) is 6.17. The number of rotatable bonds is 3. The van der Waals surface area contributed by atoms with Crippen molar-refractivity contribution in [3.63, 3.8) is 0 Å². The zero-order valence-electron chi connectivity index (χ0n) is 12.1. The van der Waals surface area contributed by atoms with Crippen LogP contribution in [0.25, 0.3) is 0 Å². The monoisotopic (exact) mass is 263 g/mol. The molecule has 2 N–H and O–H groups in total. The van der Waals surface area contributed by atoms with Gasteiger partial charge in [-0.25, -0.2) is 0 Å². The molecule has 0 spiro atoms. The summed E-state index contributed by atoms with van der Waals surface area (Å²) >= 11 is 0. The molecule has 106 valence electrons. The van der Waals surface area contributed by atoms with Gasteiger partial charge in [-0.15, -0.1) is 0 Å². The molecule has 0 saturated heterocycles. The van der Waals surface area contributed by atoms with Crippen LogP contribution in [0.2, 0.25) is 0 Å². The third-order valence-electron chi connectivity index (χ3n) is 4.46. The Morgan fingerprint density at radius 1 is 1.32 bits per heavy atom. The Morgan fingerprint density at radius 2 is 2.05 bits per heavy atom. The van der Waals surface area contributed by atoms with E-state index in [1.54, 1.807) is 12.1 Å². The first kappa shape index (κ1) is 14.4. The van der Waals surface area contributed by atoms with Crippen molar-refractivity contribution in [2.75, 3.05) is 20.6 Å². The zero-order chi connectivity index (χ0) is 14.0. The highest BCUT2D eigenvalue weighted by molar-refractivity contribution is 5.33. The maximum Gasteiger partial charge on any atom is 0.115 e. The van der Waals surface area contributed by atoms with Gasteiger partial charge in [-0.1, -0.05) is 25.5 Å². The third-order valence-corrected chi connectivity index (χ3v) is 4.46. The molecule has 0 bridgehead atoms. The molecule has 0 aliphatic heterocycles. The molecular formula is C16H25NO2. The Bertz CT molecular complexity index is 433. The second kappa shape index (κ2) is 5.51. The van der Waals surface area contributed by atoms with Crippen molar-refractivity contribution in [3.05, 3.63) is 29.8 Å². The zero-order valence-corrected chi connectivity index (χ0v) is 12.1. The molecule has 2 unspecified atom stereocenters. The lowest BCUT2D eigenvalue weighted by molar-refractivity contribution is -0.102. The molecule has 0 radical (unpaired) electrons. The number of aliphatic hydroxyl groups is 1. The van der Waals surface area contributed by atoms with Gasteiger partial charge in [0, 0.05) is 12.5 Å². The summed E-state index contributed by atoms with van der Waals surface area (Å²) in [6, 6.07) is 7.12. The van der Waals surface area contributed by atoms with Gasteiger partial charge in [0.15, 0.2) is 0 Å². The molecule has 1 aromatic carbocycles. The fourth-order valence-electron chi connectivity index (χ4n) is 3.46. The van der Waals surface area contributed by atoms with Crippen LogP contribution in [0.5, 0.6) is 5.75 Å². The highest BCUT2D eigenvalue weighted by Crippen LogP contribution is 2.46. The average Bonchev–Trinajstić information content (AvgIpc) is 2.34. The maximum absolute atomic E-state index is 11.3. The minimum atomic E-state index is -0.832. The van der Waals surface area contributed by atoms with E-state index in [2.05, 4.69) is 11.8 Å². The van der Waals surface area contributed by atoms with E-state index in [1.807, 2.05) is 26.2 Å². The predicted octanol–water partition coefficient (Wildman–Crippen LogP) is 2.58. The average molecular weight is 263 g/mol. The summed E-state index contributed by atoms with van der Waals surface area (Å²) in [5.74, 6) is 0.661. The lowest BCUT2D eigenvalue weighted by Crippen LogP contribution is -2.47. The van der Waals surface area contributed by atoms with Crippen LogP contribution in [-0.2, 0) is 5.60 Å². The largest absolute Gasteiger partial charge is 0.508 e. The first-order valence-electron chi connectivity index (χ1n) is 7.11. The minimum Gasteiger partial charge on any atom is -0.508 e. The normalized spacial score (nSPS) is 31.6. The number of phenols is 1. The molecule has 1 aliphatic rings. The molecule has 1 aromatic rings. The second-order valence-electron chi connectivity index (χ2n) is 6.17. The summed E-state index contributed by atoms with van der Waals surface area (Å²) in [5.41, 5.74) is 0.0212. The van der Waals surface area contributed by atoms with Crippen LogP contribution in [0.1, 0.15) is 31.7 Å². The Morgan fingerprint density at radius 3 is 2.68 bits per heavy atom. The van der Waals surface area contributed by atoms with E-state index in [1.165, 1.54) is 6.42 Å². The number of benzene rings is 1. The molecule has 3 atom stereocenters. The van der Waals surface area contributed by atoms with Crippen LogP contribution in [0.15, 0.2) is 24.3 Å². The van der Waals surface area contributed by atoms with Crippen molar-refractivity contribution >= 4 is 0 Å². The first-order valence-corrected chi connectivity index (χ1v) is 7.11. The van der Waals surface area contributed by atoms with Gasteiger partial charge in [0.05, 0.1) is 5.60 Å². The van der Waals surface area contributed by atoms with E-state index in [0.29, 0.717) is 0 Å². The highest BCUT2D eigenvalue weighted by Gasteiger charge is 2.45. The SMILES string of the molecule is CC1CCC[C@@H](CN(C)C)C1(O)c1cccc(O)c1. The summed E-state index contributed by atoms with van der Waals surface area (Å²) < 4.78 is 0. The molecule has 0 aromatic heterocycles. The van der Waals surface area contributed by atoms with Crippen molar-refractivity contribution in [1.82, 2.24) is 4.90 Å². The Hall–Kier alpha value is -1.06. The topological polar surface area (TPSA) is 43.7 Å². The van der Waals surface area contributed by atoms with Gasteiger partial charge in [-0.2, -0.15) is 0 Å². The van der Waals surface area contributed by atoms with E-state index in [-0.39, 0.29) is 17.6 Å². The standard InChI is InChI=1S/C16H25NO2/c1-12-6-4-8-14(11-17(2)3)16(12,19)13-7-5-9-15(18)10-13/h5,7,9-10,12,14,18-19H,4,6,8,11H2,1-3H3/t12?,14-,16?/m0/s1. The van der Waals surface area contributed by atoms with Crippen molar-refractivity contribution in [2.24, 2.45) is 11.8 Å². The lowest BCUT2D eigenvalue weighted by atomic mass is 9.65. The molecule has 2 rings (SSSR count). The van der Waals surface area contributed by atoms with Crippen molar-refractivity contribution < 1.29 is 10.2 Å². The van der Waals surface area contributed by atoms with E-state index in [9.17, 15) is 10.2 Å². The Balaban J connectivity index is 2.38. The first-order chi connectivity index (χ1) is 8.94. The van der Waals surface area contributed by atoms with Gasteiger partial charge in [0.25, 0.3) is 0 Å². The van der Waals surface area contributed by atoms with Gasteiger partial charge in [-0.05, 0) is 50.6 Å². The van der Waals surface area contributed by atoms with Gasteiger partial charge in [0.1, 0.15) is 5.75 Å². The Kier molecular flexibility index (Phi) is 4.16. The number of nitrogens with zero attached hydrogens (tertiary/aromatic N) is 1. The van der Waals surface area contributed by atoms with Crippen LogP contribution in [0, 0.1) is 11.8 Å². The predicted molar refractivity (Wildman–Crippen MR) is 77.1 cm³/mol. The molecule has 1 fully saturated rings. The van der Waals surface area contributed by atoms with Crippen LogP contribution in [0.4, 0.5) is 0 Å². The minimum absolute atomic E-state index is 0.216. The lowest BCUT2D eigenvalue weighted by Gasteiger charge is -2.46. The van der Waals surface area contributed by atoms with Crippen LogP contribution < -0.4 is 0 Å². The Labute approximate surface area is 115 Å². The molecular weight excluding hydrogens is 238 g/mol. The number of aromatic hydroxyl groups is 1. The summed E-state index contributed by atoms with van der Waals surface area (Å²) in [4.78, 5) is 2.14. The fourth-order valence-corrected chi connectivity index (χ4v) is 3.46. The van der Waals surface area contributed by atoms with Gasteiger partial charge >= 0.3 is 0 Å². The van der Waals surface area contributed by atoms with E-state index in [0.717, 1.165) is 24.9 Å². The van der Waals surface area contributed by atoms with E-state index < -0.39 is 5.60 Å². The molecule has 19 heavy (non-hydrogen) atoms. The van der Waals surface area contributed by atoms with Crippen molar-refractivity contribution in [2.45, 2.75) is 31.8 Å². The van der Waals surface area contributed by atoms with Crippen molar-refractivity contribution in [1.29, 1.82) is 0 Å². The molecule has 3 nitrogen and oxygen atoms in total. The summed E-state index contributed by atoms with van der Waals surface area (Å²) in [5, 5.41) is 21.0. The highest BCUT2D eigenvalue weighted by atomic mass is 16.3. The molecule has 0 amide bonds. The molecule has 1 saturated carbocycles. The van der Waals surface area contributed by atoms with Crippen LogP contribution in [-0.4, -0.2) is 35.8 Å². The van der Waals surface area contributed by atoms with Crippen LogP contribution in [0.3, 0.4) is 0 Å². The van der Waals surface area contributed by atoms with Gasteiger partial charge < -0.3 is 15.1 Å². The van der Waals surface area contributed by atoms with Crippen LogP contribution >= 0.6 is 0 Å². The fraction of sp³-hybridized carbons (Fsp3) is 0.625. The van der Waals surface area contributed by atoms with Gasteiger partial charge in [0.2, 0.25) is 0 Å².